The summed E-state index contributed by atoms with van der Waals surface area (Å²) in [5.41, 5.74) is 1.01. The zero-order chi connectivity index (χ0) is 24.0. The van der Waals surface area contributed by atoms with Gasteiger partial charge in [-0.1, -0.05) is 49.4 Å². The molecule has 0 saturated carbocycles. The summed E-state index contributed by atoms with van der Waals surface area (Å²) in [4.78, 5) is 16.1. The molecule has 3 aromatic carbocycles. The van der Waals surface area contributed by atoms with Crippen LogP contribution in [0.15, 0.2) is 55.1 Å². The largest absolute Gasteiger partial charge is 0.508 e. The fraction of sp³-hybridized carbons (Fsp3) is 0.231. The molecule has 0 radical (unpaired) electrons. The normalized spacial score (nSPS) is 16.4. The van der Waals surface area contributed by atoms with Gasteiger partial charge in [0.15, 0.2) is 5.82 Å². The summed E-state index contributed by atoms with van der Waals surface area (Å²) in [5.74, 6) is -0.542. The summed E-state index contributed by atoms with van der Waals surface area (Å²) in [7, 11) is 0. The van der Waals surface area contributed by atoms with Crippen LogP contribution in [-0.4, -0.2) is 46.0 Å². The van der Waals surface area contributed by atoms with Gasteiger partial charge in [0, 0.05) is 36.6 Å². The van der Waals surface area contributed by atoms with E-state index in [4.69, 9.17) is 11.6 Å². The first-order valence-electron chi connectivity index (χ1n) is 11.1. The third-order valence-corrected chi connectivity index (χ3v) is 7.66. The van der Waals surface area contributed by atoms with Crippen LogP contribution in [0.25, 0.3) is 32.8 Å². The monoisotopic (exact) mass is 495 g/mol. The highest BCUT2D eigenvalue weighted by molar-refractivity contribution is 7.11. The molecule has 34 heavy (non-hydrogen) atoms. The lowest BCUT2D eigenvalue weighted by atomic mass is 9.96. The molecule has 1 aliphatic heterocycles. The lowest BCUT2D eigenvalue weighted by Gasteiger charge is -2.41. The van der Waals surface area contributed by atoms with E-state index in [0.29, 0.717) is 30.6 Å². The van der Waals surface area contributed by atoms with Crippen LogP contribution in [0.1, 0.15) is 13.3 Å². The Balaban J connectivity index is 1.61. The van der Waals surface area contributed by atoms with Gasteiger partial charge in [-0.15, -0.1) is 0 Å². The van der Waals surface area contributed by atoms with Crippen molar-refractivity contribution in [3.8, 4) is 16.9 Å². The molecule has 1 saturated heterocycles. The number of hydrogen-bond donors (Lipinski definition) is 1. The molecule has 1 amide bonds. The Morgan fingerprint density at radius 1 is 1.29 bits per heavy atom. The second-order valence-corrected chi connectivity index (χ2v) is 9.55. The maximum atomic E-state index is 15.9. The Morgan fingerprint density at radius 2 is 2.09 bits per heavy atom. The van der Waals surface area contributed by atoms with Crippen molar-refractivity contribution < 1.29 is 14.3 Å². The van der Waals surface area contributed by atoms with Gasteiger partial charge < -0.3 is 14.9 Å². The van der Waals surface area contributed by atoms with E-state index in [-0.39, 0.29) is 33.8 Å². The Bertz CT molecular complexity index is 1440. The van der Waals surface area contributed by atoms with Crippen LogP contribution in [0.2, 0.25) is 5.02 Å². The summed E-state index contributed by atoms with van der Waals surface area (Å²) in [6, 6.07) is 12.5. The minimum absolute atomic E-state index is 0.0426. The fourth-order valence-electron chi connectivity index (χ4n) is 4.76. The van der Waals surface area contributed by atoms with Gasteiger partial charge in [0.2, 0.25) is 5.91 Å². The van der Waals surface area contributed by atoms with Crippen LogP contribution in [-0.2, 0) is 4.79 Å². The number of halogens is 2. The van der Waals surface area contributed by atoms with Crippen molar-refractivity contribution >= 4 is 55.7 Å². The summed E-state index contributed by atoms with van der Waals surface area (Å²) in [6.45, 7) is 7.41. The van der Waals surface area contributed by atoms with E-state index in [2.05, 4.69) is 22.8 Å². The van der Waals surface area contributed by atoms with Gasteiger partial charge in [0.1, 0.15) is 16.3 Å². The van der Waals surface area contributed by atoms with Crippen molar-refractivity contribution in [3.05, 3.63) is 66.0 Å². The van der Waals surface area contributed by atoms with Crippen LogP contribution in [0, 0.1) is 5.82 Å². The van der Waals surface area contributed by atoms with Gasteiger partial charge in [0.05, 0.1) is 5.02 Å². The van der Waals surface area contributed by atoms with Gasteiger partial charge in [-0.2, -0.15) is 4.37 Å². The Kier molecular flexibility index (Phi) is 5.91. The third kappa shape index (κ3) is 3.69. The molecule has 0 aliphatic carbocycles. The first-order chi connectivity index (χ1) is 16.4. The number of benzene rings is 3. The molecule has 5 rings (SSSR count). The Labute approximate surface area is 205 Å². The first kappa shape index (κ1) is 22.6. The number of aromatic nitrogens is 1. The second kappa shape index (κ2) is 8.89. The minimum Gasteiger partial charge on any atom is -0.508 e. The van der Waals surface area contributed by atoms with E-state index in [0.717, 1.165) is 22.2 Å². The second-order valence-electron chi connectivity index (χ2n) is 8.39. The topological polar surface area (TPSA) is 56.7 Å². The van der Waals surface area contributed by atoms with Crippen molar-refractivity contribution in [2.24, 2.45) is 0 Å². The number of piperazine rings is 1. The van der Waals surface area contributed by atoms with E-state index < -0.39 is 5.82 Å². The predicted molar refractivity (Wildman–Crippen MR) is 137 cm³/mol. The zero-order valence-corrected chi connectivity index (χ0v) is 20.2. The minimum atomic E-state index is -0.505. The molecule has 174 valence electrons. The smallest absolute Gasteiger partial charge is 0.246 e. The Hall–Kier alpha value is -3.16. The van der Waals surface area contributed by atoms with Crippen molar-refractivity contribution in [1.82, 2.24) is 9.27 Å². The highest BCUT2D eigenvalue weighted by Crippen LogP contribution is 2.44. The van der Waals surface area contributed by atoms with Crippen LogP contribution in [0.4, 0.5) is 9.39 Å². The van der Waals surface area contributed by atoms with Crippen LogP contribution in [0.5, 0.6) is 5.75 Å². The van der Waals surface area contributed by atoms with Crippen molar-refractivity contribution in [2.75, 3.05) is 24.5 Å². The quantitative estimate of drug-likeness (QED) is 0.341. The van der Waals surface area contributed by atoms with Crippen LogP contribution >= 0.6 is 23.1 Å². The van der Waals surface area contributed by atoms with Crippen molar-refractivity contribution in [3.63, 3.8) is 0 Å². The van der Waals surface area contributed by atoms with Gasteiger partial charge >= 0.3 is 0 Å². The lowest BCUT2D eigenvalue weighted by molar-refractivity contribution is -0.126. The molecule has 0 bridgehead atoms. The number of nitrogens with zero attached hydrogens (tertiary/aromatic N) is 3. The van der Waals surface area contributed by atoms with Crippen molar-refractivity contribution in [1.29, 1.82) is 0 Å². The first-order valence-corrected chi connectivity index (χ1v) is 12.3. The van der Waals surface area contributed by atoms with E-state index in [1.807, 2.05) is 24.3 Å². The average Bonchev–Trinajstić information content (AvgIpc) is 3.26. The van der Waals surface area contributed by atoms with E-state index in [1.165, 1.54) is 23.7 Å². The third-order valence-electron chi connectivity index (χ3n) is 6.46. The maximum Gasteiger partial charge on any atom is 0.246 e. The van der Waals surface area contributed by atoms with Crippen LogP contribution < -0.4 is 4.90 Å². The number of fused-ring (bicyclic) bond motifs is 2. The van der Waals surface area contributed by atoms with Crippen molar-refractivity contribution in [2.45, 2.75) is 19.4 Å². The van der Waals surface area contributed by atoms with E-state index in [9.17, 15) is 9.90 Å². The number of anilines is 1. The van der Waals surface area contributed by atoms with Crippen LogP contribution in [0.3, 0.4) is 0 Å². The number of phenolic OH excluding ortho intramolecular Hbond substituents is 1. The Morgan fingerprint density at radius 3 is 2.85 bits per heavy atom. The molecule has 2 heterocycles. The predicted octanol–water partition coefficient (Wildman–Crippen LogP) is 6.23. The molecule has 0 unspecified atom stereocenters. The number of carbonyl (C=O) groups is 1. The number of carbonyl (C=O) groups excluding carboxylic acids is 1. The summed E-state index contributed by atoms with van der Waals surface area (Å²) >= 11 is 7.93. The van der Waals surface area contributed by atoms with E-state index in [1.54, 1.807) is 17.0 Å². The lowest BCUT2D eigenvalue weighted by Crippen LogP contribution is -2.54. The van der Waals surface area contributed by atoms with Gasteiger partial charge in [-0.25, -0.2) is 4.39 Å². The molecular formula is C26H23ClFN3O2S. The average molecular weight is 496 g/mol. The van der Waals surface area contributed by atoms with E-state index >= 15 is 4.39 Å². The molecule has 1 fully saturated rings. The fourth-order valence-corrected chi connectivity index (χ4v) is 6.01. The summed E-state index contributed by atoms with van der Waals surface area (Å²) in [6.07, 6.45) is 2.16. The molecule has 1 aliphatic rings. The number of rotatable bonds is 4. The highest BCUT2D eigenvalue weighted by Gasteiger charge is 2.31. The molecule has 8 heteroatoms. The number of amides is 1. The highest BCUT2D eigenvalue weighted by atomic mass is 35.5. The summed E-state index contributed by atoms with van der Waals surface area (Å²) < 4.78 is 20.4. The number of aromatic hydroxyl groups is 1. The number of hydrogen-bond acceptors (Lipinski definition) is 5. The molecule has 4 aromatic rings. The number of phenols is 1. The summed E-state index contributed by atoms with van der Waals surface area (Å²) in [5, 5.41) is 13.6. The molecular weight excluding hydrogens is 473 g/mol. The standard InChI is InChI=1S/C26H23ClFN3O2S/c1-3-16-14-30(22(33)4-2)9-10-31(16)26-20-13-21(27)23(24(28)25(20)29-34-26)19-12-17(32)11-15-7-5-6-8-18(15)19/h4-8,11-13,16,32H,2-3,9-10,14H2,1H3/t16-/m1/s1. The molecule has 5 nitrogen and oxygen atoms in total. The molecule has 1 atom stereocenters. The molecule has 1 N–H and O–H groups in total. The maximum absolute atomic E-state index is 15.9. The zero-order valence-electron chi connectivity index (χ0n) is 18.6. The van der Waals surface area contributed by atoms with Gasteiger partial charge in [-0.3, -0.25) is 4.79 Å². The molecule has 1 aromatic heterocycles. The SMILES string of the molecule is C=CC(=O)N1CCN(c2snc3c(F)c(-c4cc(O)cc5ccccc45)c(Cl)cc23)[C@H](CC)C1. The molecule has 0 spiro atoms. The van der Waals surface area contributed by atoms with Gasteiger partial charge in [-0.05, 0) is 58.6 Å². The van der Waals surface area contributed by atoms with Gasteiger partial charge in [0.25, 0.3) is 0 Å².